The molecule has 0 saturated carbocycles. The van der Waals surface area contributed by atoms with E-state index in [1.165, 1.54) is 0 Å². The number of nitrogens with zero attached hydrogens (tertiary/aromatic N) is 1. The zero-order valence-electron chi connectivity index (χ0n) is 10.6. The Bertz CT molecular complexity index is 428. The Morgan fingerprint density at radius 2 is 1.94 bits per heavy atom. The van der Waals surface area contributed by atoms with Gasteiger partial charge in [-0.1, -0.05) is 0 Å². The summed E-state index contributed by atoms with van der Waals surface area (Å²) >= 11 is 0. The van der Waals surface area contributed by atoms with Crippen LogP contribution in [0.2, 0.25) is 0 Å². The Morgan fingerprint density at radius 1 is 1.33 bits per heavy atom. The van der Waals surface area contributed by atoms with Crippen LogP contribution in [0.15, 0.2) is 23.2 Å². The van der Waals surface area contributed by atoms with E-state index in [0.717, 1.165) is 18.2 Å². The van der Waals surface area contributed by atoms with Gasteiger partial charge in [0.1, 0.15) is 11.6 Å². The maximum absolute atomic E-state index is 13.3. The molecule has 6 heteroatoms. The molecule has 3 nitrogen and oxygen atoms in total. The van der Waals surface area contributed by atoms with Crippen molar-refractivity contribution in [1.29, 1.82) is 0 Å². The molecule has 0 aliphatic carbocycles. The maximum atomic E-state index is 13.3. The lowest BCUT2D eigenvalue weighted by Crippen LogP contribution is -2.45. The highest BCUT2D eigenvalue weighted by atomic mass is 127. The molecule has 0 unspecified atom stereocenters. The molecule has 0 spiro atoms. The van der Waals surface area contributed by atoms with Gasteiger partial charge in [-0.25, -0.2) is 13.8 Å². The molecule has 0 bridgehead atoms. The number of guanidine groups is 1. The molecule has 1 aromatic rings. The van der Waals surface area contributed by atoms with Crippen molar-refractivity contribution in [2.45, 2.75) is 32.9 Å². The Morgan fingerprint density at radius 3 is 2.50 bits per heavy atom. The van der Waals surface area contributed by atoms with Gasteiger partial charge in [-0.3, -0.25) is 0 Å². The van der Waals surface area contributed by atoms with E-state index in [0.29, 0.717) is 0 Å². The van der Waals surface area contributed by atoms with Gasteiger partial charge in [0, 0.05) is 11.1 Å². The van der Waals surface area contributed by atoms with Gasteiger partial charge < -0.3 is 11.1 Å². The zero-order valence-corrected chi connectivity index (χ0v) is 13.0. The second-order valence-electron chi connectivity index (χ2n) is 4.81. The molecule has 3 N–H and O–H groups in total. The lowest BCUT2D eigenvalue weighted by atomic mass is 10.1. The molecule has 0 amide bonds. The van der Waals surface area contributed by atoms with Gasteiger partial charge in [-0.05, 0) is 39.0 Å². The van der Waals surface area contributed by atoms with Crippen LogP contribution in [0.3, 0.4) is 0 Å². The summed E-state index contributed by atoms with van der Waals surface area (Å²) in [4.78, 5) is 3.96. The Labute approximate surface area is 123 Å². The predicted molar refractivity (Wildman–Crippen MR) is 80.0 cm³/mol. The average molecular weight is 369 g/mol. The monoisotopic (exact) mass is 369 g/mol. The predicted octanol–water partition coefficient (Wildman–Crippen LogP) is 2.79. The van der Waals surface area contributed by atoms with Gasteiger partial charge in [0.2, 0.25) is 0 Å². The van der Waals surface area contributed by atoms with E-state index < -0.39 is 11.6 Å². The first kappa shape index (κ1) is 17.1. The van der Waals surface area contributed by atoms with Crippen molar-refractivity contribution >= 4 is 29.9 Å². The third-order valence-electron chi connectivity index (χ3n) is 1.93. The first-order chi connectivity index (χ1) is 7.78. The molecule has 0 heterocycles. The molecule has 0 fully saturated rings. The summed E-state index contributed by atoms with van der Waals surface area (Å²) in [5.41, 5.74) is 5.59. The van der Waals surface area contributed by atoms with E-state index >= 15 is 0 Å². The minimum Gasteiger partial charge on any atom is -0.370 e. The molecular weight excluding hydrogens is 351 g/mol. The molecule has 1 rings (SSSR count). The Kier molecular flexibility index (Phi) is 6.51. The normalized spacial score (nSPS) is 11.9. The number of hydrogen-bond donors (Lipinski definition) is 2. The highest BCUT2D eigenvalue weighted by Crippen LogP contribution is 2.10. The zero-order chi connectivity index (χ0) is 13.1. The van der Waals surface area contributed by atoms with Crippen LogP contribution in [-0.4, -0.2) is 11.5 Å². The number of hydrogen-bond acceptors (Lipinski definition) is 1. The van der Waals surface area contributed by atoms with Crippen LogP contribution in [0, 0.1) is 11.6 Å². The third kappa shape index (κ3) is 6.13. The van der Waals surface area contributed by atoms with E-state index in [4.69, 9.17) is 5.73 Å². The average Bonchev–Trinajstić information content (AvgIpc) is 2.17. The molecular formula is C12H18F2IN3. The van der Waals surface area contributed by atoms with Crippen LogP contribution >= 0.6 is 24.0 Å². The summed E-state index contributed by atoms with van der Waals surface area (Å²) in [5.74, 6) is -0.765. The van der Waals surface area contributed by atoms with E-state index in [1.807, 2.05) is 20.8 Å². The largest absolute Gasteiger partial charge is 0.370 e. The van der Waals surface area contributed by atoms with Crippen LogP contribution in [0.25, 0.3) is 0 Å². The molecule has 1 aromatic carbocycles. The first-order valence-corrected chi connectivity index (χ1v) is 5.30. The van der Waals surface area contributed by atoms with Gasteiger partial charge >= 0.3 is 0 Å². The minimum absolute atomic E-state index is 0. The van der Waals surface area contributed by atoms with Crippen molar-refractivity contribution in [2.75, 3.05) is 0 Å². The third-order valence-corrected chi connectivity index (χ3v) is 1.93. The number of aliphatic imine (C=N–C) groups is 1. The quantitative estimate of drug-likeness (QED) is 0.479. The van der Waals surface area contributed by atoms with E-state index in [-0.39, 0.29) is 47.6 Å². The summed E-state index contributed by atoms with van der Waals surface area (Å²) in [6.45, 7) is 5.80. The number of nitrogens with two attached hydrogens (primary N) is 1. The molecule has 102 valence electrons. The highest BCUT2D eigenvalue weighted by molar-refractivity contribution is 14.0. The highest BCUT2D eigenvalue weighted by Gasteiger charge is 2.10. The molecule has 0 aliphatic heterocycles. The van der Waals surface area contributed by atoms with E-state index in [9.17, 15) is 8.78 Å². The second-order valence-corrected chi connectivity index (χ2v) is 4.81. The summed E-state index contributed by atoms with van der Waals surface area (Å²) in [6, 6.07) is 3.26. The number of benzene rings is 1. The van der Waals surface area contributed by atoms with Crippen LogP contribution in [-0.2, 0) is 6.54 Å². The molecule has 0 atom stereocenters. The molecule has 0 radical (unpaired) electrons. The van der Waals surface area contributed by atoms with Crippen molar-refractivity contribution in [3.8, 4) is 0 Å². The lowest BCUT2D eigenvalue weighted by molar-refractivity contribution is 0.508. The fraction of sp³-hybridized carbons (Fsp3) is 0.417. The SMILES string of the molecule is CC(C)(C)NC(N)=NCc1cc(F)ccc1F.I. The van der Waals surface area contributed by atoms with E-state index in [1.54, 1.807) is 0 Å². The maximum Gasteiger partial charge on any atom is 0.189 e. The fourth-order valence-electron chi connectivity index (χ4n) is 1.26. The smallest absolute Gasteiger partial charge is 0.189 e. The second kappa shape index (κ2) is 6.86. The summed E-state index contributed by atoms with van der Waals surface area (Å²) in [5, 5.41) is 2.93. The molecule has 0 aliphatic rings. The van der Waals surface area contributed by atoms with Gasteiger partial charge in [0.05, 0.1) is 6.54 Å². The Balaban J connectivity index is 0.00000289. The standard InChI is InChI=1S/C12H17F2N3.HI/c1-12(2,3)17-11(15)16-7-8-6-9(13)4-5-10(8)14;/h4-6H,7H2,1-3H3,(H3,15,16,17);1H. The first-order valence-electron chi connectivity index (χ1n) is 5.30. The lowest BCUT2D eigenvalue weighted by Gasteiger charge is -2.21. The van der Waals surface area contributed by atoms with Crippen LogP contribution < -0.4 is 11.1 Å². The molecule has 0 saturated heterocycles. The topological polar surface area (TPSA) is 50.4 Å². The van der Waals surface area contributed by atoms with Crippen molar-refractivity contribution in [2.24, 2.45) is 10.7 Å². The summed E-state index contributed by atoms with van der Waals surface area (Å²) < 4.78 is 26.1. The van der Waals surface area contributed by atoms with E-state index in [2.05, 4.69) is 10.3 Å². The Hall–Kier alpha value is -0.920. The van der Waals surface area contributed by atoms with Crippen LogP contribution in [0.1, 0.15) is 26.3 Å². The minimum atomic E-state index is -0.487. The number of nitrogens with one attached hydrogen (secondary N) is 1. The molecule has 0 aromatic heterocycles. The van der Waals surface area contributed by atoms with Gasteiger partial charge in [0.25, 0.3) is 0 Å². The fourth-order valence-corrected chi connectivity index (χ4v) is 1.26. The van der Waals surface area contributed by atoms with Crippen LogP contribution in [0.4, 0.5) is 8.78 Å². The van der Waals surface area contributed by atoms with Gasteiger partial charge in [0.15, 0.2) is 5.96 Å². The van der Waals surface area contributed by atoms with Crippen molar-refractivity contribution in [3.63, 3.8) is 0 Å². The number of halogens is 3. The van der Waals surface area contributed by atoms with Crippen LogP contribution in [0.5, 0.6) is 0 Å². The van der Waals surface area contributed by atoms with Crippen molar-refractivity contribution < 1.29 is 8.78 Å². The molecule has 18 heavy (non-hydrogen) atoms. The number of rotatable bonds is 2. The van der Waals surface area contributed by atoms with Crippen molar-refractivity contribution in [1.82, 2.24) is 5.32 Å². The van der Waals surface area contributed by atoms with Gasteiger partial charge in [-0.2, -0.15) is 0 Å². The summed E-state index contributed by atoms with van der Waals surface area (Å²) in [7, 11) is 0. The van der Waals surface area contributed by atoms with Crippen molar-refractivity contribution in [3.05, 3.63) is 35.4 Å². The van der Waals surface area contributed by atoms with Gasteiger partial charge in [-0.15, -0.1) is 24.0 Å². The summed E-state index contributed by atoms with van der Waals surface area (Å²) in [6.07, 6.45) is 0.